The molecule has 3 heteroatoms. The quantitative estimate of drug-likeness (QED) is 0.774. The van der Waals surface area contributed by atoms with Gasteiger partial charge in [-0.3, -0.25) is 0 Å². The van der Waals surface area contributed by atoms with E-state index in [1.165, 1.54) is 30.4 Å². The van der Waals surface area contributed by atoms with Gasteiger partial charge in [0.05, 0.1) is 0 Å². The molecule has 0 amide bonds. The molecular formula is C11H17N3. The number of nitrogens with two attached hydrogens (primary N) is 1. The Labute approximate surface area is 84.9 Å². The molecule has 0 saturated carbocycles. The molecule has 0 fully saturated rings. The number of hydrogen-bond acceptors (Lipinski definition) is 3. The van der Waals surface area contributed by atoms with Gasteiger partial charge in [-0.2, -0.15) is 0 Å². The van der Waals surface area contributed by atoms with E-state index in [-0.39, 0.29) is 0 Å². The van der Waals surface area contributed by atoms with Crippen molar-refractivity contribution in [1.29, 1.82) is 0 Å². The zero-order valence-electron chi connectivity index (χ0n) is 8.66. The average molecular weight is 191 g/mol. The van der Waals surface area contributed by atoms with Crippen molar-refractivity contribution in [3.8, 4) is 0 Å². The molecule has 1 aliphatic rings. The van der Waals surface area contributed by atoms with Crippen LogP contribution in [0.25, 0.3) is 0 Å². The van der Waals surface area contributed by atoms with Crippen LogP contribution in [0.1, 0.15) is 17.5 Å². The molecule has 2 rings (SSSR count). The van der Waals surface area contributed by atoms with Gasteiger partial charge in [-0.15, -0.1) is 0 Å². The maximum absolute atomic E-state index is 5.51. The molecular weight excluding hydrogens is 174 g/mol. The first-order valence-corrected chi connectivity index (χ1v) is 5.20. The predicted molar refractivity (Wildman–Crippen MR) is 58.6 cm³/mol. The summed E-state index contributed by atoms with van der Waals surface area (Å²) in [5, 5.41) is 0. The highest BCUT2D eigenvalue weighted by Gasteiger charge is 2.12. The zero-order valence-corrected chi connectivity index (χ0v) is 8.66. The lowest BCUT2D eigenvalue weighted by Crippen LogP contribution is -2.25. The molecule has 14 heavy (non-hydrogen) atoms. The van der Waals surface area contributed by atoms with E-state index in [2.05, 4.69) is 16.0 Å². The van der Waals surface area contributed by atoms with E-state index in [1.807, 2.05) is 13.2 Å². The van der Waals surface area contributed by atoms with Crippen LogP contribution in [-0.4, -0.2) is 25.1 Å². The molecule has 2 N–H and O–H groups in total. The lowest BCUT2D eigenvalue weighted by atomic mass is 10.2. The summed E-state index contributed by atoms with van der Waals surface area (Å²) in [4.78, 5) is 6.55. The minimum atomic E-state index is 0.676. The van der Waals surface area contributed by atoms with E-state index in [4.69, 9.17) is 5.73 Å². The summed E-state index contributed by atoms with van der Waals surface area (Å²) in [6.45, 7) is 1.54. The van der Waals surface area contributed by atoms with Gasteiger partial charge in [0.15, 0.2) is 0 Å². The van der Waals surface area contributed by atoms with E-state index in [0.29, 0.717) is 6.54 Å². The Bertz CT molecular complexity index is 322. The third kappa shape index (κ3) is 1.73. The van der Waals surface area contributed by atoms with Crippen LogP contribution >= 0.6 is 0 Å². The highest BCUT2D eigenvalue weighted by atomic mass is 15.2. The van der Waals surface area contributed by atoms with Crippen LogP contribution in [0, 0.1) is 0 Å². The van der Waals surface area contributed by atoms with Crippen LogP contribution in [0.15, 0.2) is 12.3 Å². The largest absolute Gasteiger partial charge is 0.358 e. The summed E-state index contributed by atoms with van der Waals surface area (Å²) in [5.41, 5.74) is 8.41. The molecule has 0 spiro atoms. The second-order valence-electron chi connectivity index (χ2n) is 3.87. The number of rotatable bonds is 3. The summed E-state index contributed by atoms with van der Waals surface area (Å²) in [6, 6.07) is 2.21. The minimum Gasteiger partial charge on any atom is -0.358 e. The van der Waals surface area contributed by atoms with Crippen LogP contribution in [0.2, 0.25) is 0 Å². The lowest BCUT2D eigenvalue weighted by molar-refractivity contribution is 0.866. The van der Waals surface area contributed by atoms with E-state index < -0.39 is 0 Å². The van der Waals surface area contributed by atoms with Crippen LogP contribution < -0.4 is 10.6 Å². The fourth-order valence-electron chi connectivity index (χ4n) is 1.96. The summed E-state index contributed by atoms with van der Waals surface area (Å²) in [7, 11) is 2.04. The molecule has 76 valence electrons. The Morgan fingerprint density at radius 2 is 2.21 bits per heavy atom. The van der Waals surface area contributed by atoms with Gasteiger partial charge in [-0.25, -0.2) is 4.98 Å². The molecule has 3 nitrogen and oxygen atoms in total. The van der Waals surface area contributed by atoms with Crippen molar-refractivity contribution in [3.63, 3.8) is 0 Å². The second kappa shape index (κ2) is 3.96. The number of fused-ring (bicyclic) bond motifs is 1. The van der Waals surface area contributed by atoms with Gasteiger partial charge >= 0.3 is 0 Å². The average Bonchev–Trinajstić information content (AvgIpc) is 2.64. The topological polar surface area (TPSA) is 42.1 Å². The summed E-state index contributed by atoms with van der Waals surface area (Å²) < 4.78 is 0. The second-order valence-corrected chi connectivity index (χ2v) is 3.87. The highest BCUT2D eigenvalue weighted by Crippen LogP contribution is 2.23. The molecule has 0 aliphatic heterocycles. The van der Waals surface area contributed by atoms with Gasteiger partial charge in [-0.1, -0.05) is 0 Å². The summed E-state index contributed by atoms with van der Waals surface area (Å²) >= 11 is 0. The van der Waals surface area contributed by atoms with Crippen molar-refractivity contribution in [2.75, 3.05) is 25.0 Å². The van der Waals surface area contributed by atoms with E-state index in [9.17, 15) is 0 Å². The van der Waals surface area contributed by atoms with Crippen molar-refractivity contribution in [3.05, 3.63) is 23.4 Å². The molecule has 0 bridgehead atoms. The van der Waals surface area contributed by atoms with Gasteiger partial charge in [0.1, 0.15) is 5.82 Å². The normalized spacial score (nSPS) is 14.1. The van der Waals surface area contributed by atoms with Crippen molar-refractivity contribution in [1.82, 2.24) is 4.98 Å². The third-order valence-corrected chi connectivity index (χ3v) is 2.82. The molecule has 0 unspecified atom stereocenters. The summed E-state index contributed by atoms with van der Waals surface area (Å²) in [5.74, 6) is 1.05. The highest BCUT2D eigenvalue weighted by molar-refractivity contribution is 5.44. The fourth-order valence-corrected chi connectivity index (χ4v) is 1.96. The molecule has 0 radical (unpaired) electrons. The molecule has 1 heterocycles. The van der Waals surface area contributed by atoms with E-state index >= 15 is 0 Å². The maximum Gasteiger partial charge on any atom is 0.128 e. The Kier molecular flexibility index (Phi) is 2.68. The van der Waals surface area contributed by atoms with Gasteiger partial charge in [0.25, 0.3) is 0 Å². The Morgan fingerprint density at radius 3 is 3.00 bits per heavy atom. The lowest BCUT2D eigenvalue weighted by Gasteiger charge is -2.17. The Hall–Kier alpha value is -1.09. The number of pyridine rings is 1. The van der Waals surface area contributed by atoms with Crippen LogP contribution in [0.5, 0.6) is 0 Å². The fraction of sp³-hybridized carbons (Fsp3) is 0.545. The summed E-state index contributed by atoms with van der Waals surface area (Å²) in [6.07, 6.45) is 5.70. The van der Waals surface area contributed by atoms with Crippen molar-refractivity contribution < 1.29 is 0 Å². The van der Waals surface area contributed by atoms with Crippen molar-refractivity contribution in [2.45, 2.75) is 19.3 Å². The SMILES string of the molecule is CN(CCN)c1cc2c(cn1)CCC2. The molecule has 0 saturated heterocycles. The number of aromatic nitrogens is 1. The van der Waals surface area contributed by atoms with Gasteiger partial charge in [-0.05, 0) is 36.5 Å². The van der Waals surface area contributed by atoms with Gasteiger partial charge < -0.3 is 10.6 Å². The minimum absolute atomic E-state index is 0.676. The number of hydrogen-bond donors (Lipinski definition) is 1. The first-order chi connectivity index (χ1) is 6.81. The number of likely N-dealkylation sites (N-methyl/N-ethyl adjacent to an activating group) is 1. The standard InChI is InChI=1S/C11H17N3/c1-14(6-5-12)11-7-9-3-2-4-10(9)8-13-11/h7-8H,2-6,12H2,1H3. The number of nitrogens with zero attached hydrogens (tertiary/aromatic N) is 2. The Morgan fingerprint density at radius 1 is 1.43 bits per heavy atom. The maximum atomic E-state index is 5.51. The molecule has 1 aliphatic carbocycles. The molecule has 1 aromatic heterocycles. The molecule has 0 atom stereocenters. The first-order valence-electron chi connectivity index (χ1n) is 5.20. The van der Waals surface area contributed by atoms with E-state index in [0.717, 1.165) is 12.4 Å². The van der Waals surface area contributed by atoms with Crippen LogP contribution in [-0.2, 0) is 12.8 Å². The number of aryl methyl sites for hydroxylation is 2. The zero-order chi connectivity index (χ0) is 9.97. The van der Waals surface area contributed by atoms with E-state index in [1.54, 1.807) is 0 Å². The van der Waals surface area contributed by atoms with Gasteiger partial charge in [0, 0.05) is 26.3 Å². The van der Waals surface area contributed by atoms with Crippen molar-refractivity contribution in [2.24, 2.45) is 5.73 Å². The third-order valence-electron chi connectivity index (χ3n) is 2.82. The number of anilines is 1. The predicted octanol–water partition coefficient (Wildman–Crippen LogP) is 0.965. The monoisotopic (exact) mass is 191 g/mol. The molecule has 1 aromatic rings. The van der Waals surface area contributed by atoms with Gasteiger partial charge in [0.2, 0.25) is 0 Å². The van der Waals surface area contributed by atoms with Crippen LogP contribution in [0.4, 0.5) is 5.82 Å². The smallest absolute Gasteiger partial charge is 0.128 e. The molecule has 0 aromatic carbocycles. The van der Waals surface area contributed by atoms with Crippen LogP contribution in [0.3, 0.4) is 0 Å². The van der Waals surface area contributed by atoms with Crippen molar-refractivity contribution >= 4 is 5.82 Å². The Balaban J connectivity index is 2.19. The first kappa shape index (κ1) is 9.46.